The van der Waals surface area contributed by atoms with E-state index in [9.17, 15) is 24.5 Å². The van der Waals surface area contributed by atoms with E-state index >= 15 is 0 Å². The van der Waals surface area contributed by atoms with Gasteiger partial charge in [0.25, 0.3) is 17.5 Å². The molecular weight excluding hydrogens is 304 g/mol. The zero-order valence-corrected chi connectivity index (χ0v) is 11.4. The van der Waals surface area contributed by atoms with Crippen LogP contribution < -0.4 is 4.90 Å². The molecule has 8 nitrogen and oxygen atoms in total. The highest BCUT2D eigenvalue weighted by atomic mass is 16.6. The molecule has 0 aliphatic carbocycles. The minimum atomic E-state index is -1.40. The molecule has 2 aromatic rings. The molecule has 8 heteroatoms. The molecule has 3 rings (SSSR count). The average molecular weight is 312 g/mol. The molecule has 0 atom stereocenters. The number of hydrogen-bond acceptors (Lipinski definition) is 5. The normalized spacial score (nSPS) is 13.1. The van der Waals surface area contributed by atoms with E-state index in [0.29, 0.717) is 0 Å². The van der Waals surface area contributed by atoms with Crippen molar-refractivity contribution in [1.82, 2.24) is 0 Å². The SMILES string of the molecule is O=C(O)c1cc(N2C(=O)c3ccccc3C2=O)cc([N+](=O)[O-])c1. The van der Waals surface area contributed by atoms with Crippen LogP contribution in [0.15, 0.2) is 42.5 Å². The summed E-state index contributed by atoms with van der Waals surface area (Å²) in [4.78, 5) is 46.7. The molecule has 0 spiro atoms. The van der Waals surface area contributed by atoms with Crippen LogP contribution in [0.5, 0.6) is 0 Å². The Labute approximate surface area is 128 Å². The number of carbonyl (C=O) groups is 3. The van der Waals surface area contributed by atoms with Crippen molar-refractivity contribution in [3.63, 3.8) is 0 Å². The molecule has 114 valence electrons. The van der Waals surface area contributed by atoms with Crippen LogP contribution in [-0.2, 0) is 0 Å². The van der Waals surface area contributed by atoms with Gasteiger partial charge in [-0.2, -0.15) is 0 Å². The maximum Gasteiger partial charge on any atom is 0.336 e. The van der Waals surface area contributed by atoms with Crippen LogP contribution in [0.4, 0.5) is 11.4 Å². The number of nitro groups is 1. The maximum absolute atomic E-state index is 12.4. The largest absolute Gasteiger partial charge is 0.478 e. The number of rotatable bonds is 3. The smallest absolute Gasteiger partial charge is 0.336 e. The Hall–Kier alpha value is -3.55. The summed E-state index contributed by atoms with van der Waals surface area (Å²) in [6, 6.07) is 9.01. The standard InChI is InChI=1S/C15H8N2O6/c18-13-11-3-1-2-4-12(11)14(19)16(13)9-5-8(15(20)21)6-10(7-9)17(22)23/h1-7H,(H,20,21). The monoisotopic (exact) mass is 312 g/mol. The highest BCUT2D eigenvalue weighted by molar-refractivity contribution is 6.34. The van der Waals surface area contributed by atoms with E-state index in [2.05, 4.69) is 0 Å². The number of carbonyl (C=O) groups excluding carboxylic acids is 2. The lowest BCUT2D eigenvalue weighted by atomic mass is 10.1. The number of aromatic carboxylic acids is 1. The van der Waals surface area contributed by atoms with Crippen LogP contribution in [0.3, 0.4) is 0 Å². The molecule has 2 amide bonds. The van der Waals surface area contributed by atoms with Crippen molar-refractivity contribution in [1.29, 1.82) is 0 Å². The summed E-state index contributed by atoms with van der Waals surface area (Å²) in [6.07, 6.45) is 0. The summed E-state index contributed by atoms with van der Waals surface area (Å²) in [6.45, 7) is 0. The molecule has 1 aliphatic heterocycles. The van der Waals surface area contributed by atoms with E-state index in [4.69, 9.17) is 5.11 Å². The number of anilines is 1. The predicted molar refractivity (Wildman–Crippen MR) is 77.6 cm³/mol. The Balaban J connectivity index is 2.16. The summed E-state index contributed by atoms with van der Waals surface area (Å²) in [5, 5.41) is 20.0. The van der Waals surface area contributed by atoms with Crippen LogP contribution in [0.1, 0.15) is 31.1 Å². The Bertz CT molecular complexity index is 822. The molecule has 0 bridgehead atoms. The fourth-order valence-corrected chi connectivity index (χ4v) is 2.38. The third-order valence-electron chi connectivity index (χ3n) is 3.41. The molecule has 0 aromatic heterocycles. The molecule has 2 aromatic carbocycles. The second-order valence-electron chi connectivity index (χ2n) is 4.79. The predicted octanol–water partition coefficient (Wildman–Crippen LogP) is 2.09. The fraction of sp³-hybridized carbons (Fsp3) is 0. The lowest BCUT2D eigenvalue weighted by Crippen LogP contribution is -2.29. The molecule has 0 saturated carbocycles. The Kier molecular flexibility index (Phi) is 3.14. The van der Waals surface area contributed by atoms with Crippen LogP contribution in [0, 0.1) is 10.1 Å². The van der Waals surface area contributed by atoms with Gasteiger partial charge in [-0.15, -0.1) is 0 Å². The number of nitrogens with zero attached hydrogens (tertiary/aromatic N) is 2. The number of carboxylic acid groups (broad SMARTS) is 1. The Morgan fingerprint density at radius 1 is 1.04 bits per heavy atom. The third-order valence-corrected chi connectivity index (χ3v) is 3.41. The minimum absolute atomic E-state index is 0.150. The van der Waals surface area contributed by atoms with E-state index < -0.39 is 28.4 Å². The van der Waals surface area contributed by atoms with Crippen molar-refractivity contribution in [3.8, 4) is 0 Å². The van der Waals surface area contributed by atoms with Crippen molar-refractivity contribution in [3.05, 3.63) is 69.3 Å². The van der Waals surface area contributed by atoms with E-state index in [1.165, 1.54) is 12.1 Å². The van der Waals surface area contributed by atoms with Crippen LogP contribution in [0.25, 0.3) is 0 Å². The lowest BCUT2D eigenvalue weighted by molar-refractivity contribution is -0.384. The van der Waals surface area contributed by atoms with E-state index in [0.717, 1.165) is 23.1 Å². The fourth-order valence-electron chi connectivity index (χ4n) is 2.38. The molecule has 1 heterocycles. The molecule has 0 unspecified atom stereocenters. The molecule has 0 radical (unpaired) electrons. The zero-order valence-electron chi connectivity index (χ0n) is 11.4. The van der Waals surface area contributed by atoms with Crippen LogP contribution in [0.2, 0.25) is 0 Å². The van der Waals surface area contributed by atoms with Gasteiger partial charge in [-0.05, 0) is 18.2 Å². The molecule has 23 heavy (non-hydrogen) atoms. The lowest BCUT2D eigenvalue weighted by Gasteiger charge is -2.14. The van der Waals surface area contributed by atoms with Gasteiger partial charge in [0, 0.05) is 12.1 Å². The number of benzene rings is 2. The van der Waals surface area contributed by atoms with E-state index in [-0.39, 0.29) is 22.4 Å². The first-order valence-electron chi connectivity index (χ1n) is 6.40. The van der Waals surface area contributed by atoms with Crippen molar-refractivity contribution in [2.75, 3.05) is 4.90 Å². The number of fused-ring (bicyclic) bond motifs is 1. The number of carboxylic acids is 1. The molecule has 0 saturated heterocycles. The topological polar surface area (TPSA) is 118 Å². The second kappa shape index (κ2) is 5.02. The van der Waals surface area contributed by atoms with Gasteiger partial charge in [-0.1, -0.05) is 12.1 Å². The number of hydrogen-bond donors (Lipinski definition) is 1. The first-order chi connectivity index (χ1) is 10.9. The summed E-state index contributed by atoms with van der Waals surface area (Å²) in [5.41, 5.74) is -0.716. The number of non-ortho nitro benzene ring substituents is 1. The Morgan fingerprint density at radius 3 is 2.09 bits per heavy atom. The van der Waals surface area contributed by atoms with Gasteiger partial charge in [0.15, 0.2) is 0 Å². The van der Waals surface area contributed by atoms with Crippen molar-refractivity contribution >= 4 is 29.2 Å². The minimum Gasteiger partial charge on any atom is -0.478 e. The number of imide groups is 1. The summed E-state index contributed by atoms with van der Waals surface area (Å²) in [5.74, 6) is -2.70. The van der Waals surface area contributed by atoms with Crippen LogP contribution in [-0.4, -0.2) is 27.8 Å². The molecular formula is C15H8N2O6. The molecule has 0 fully saturated rings. The summed E-state index contributed by atoms with van der Waals surface area (Å²) >= 11 is 0. The third kappa shape index (κ3) is 2.22. The van der Waals surface area contributed by atoms with Gasteiger partial charge in [0.1, 0.15) is 0 Å². The van der Waals surface area contributed by atoms with Crippen molar-refractivity contribution in [2.24, 2.45) is 0 Å². The van der Waals surface area contributed by atoms with Gasteiger partial charge in [0.05, 0.1) is 27.3 Å². The first kappa shape index (κ1) is 14.4. The summed E-state index contributed by atoms with van der Waals surface area (Å²) in [7, 11) is 0. The molecule has 1 aliphatic rings. The highest BCUT2D eigenvalue weighted by Crippen LogP contribution is 2.31. The van der Waals surface area contributed by atoms with Gasteiger partial charge in [0.2, 0.25) is 0 Å². The van der Waals surface area contributed by atoms with Gasteiger partial charge in [-0.3, -0.25) is 19.7 Å². The number of nitro benzene ring substituents is 1. The van der Waals surface area contributed by atoms with E-state index in [1.807, 2.05) is 0 Å². The summed E-state index contributed by atoms with van der Waals surface area (Å²) < 4.78 is 0. The first-order valence-corrected chi connectivity index (χ1v) is 6.40. The van der Waals surface area contributed by atoms with Gasteiger partial charge >= 0.3 is 5.97 Å². The number of amides is 2. The van der Waals surface area contributed by atoms with Gasteiger partial charge in [-0.25, -0.2) is 9.69 Å². The average Bonchev–Trinajstić information content (AvgIpc) is 2.79. The van der Waals surface area contributed by atoms with Crippen LogP contribution >= 0.6 is 0 Å². The quantitative estimate of drug-likeness (QED) is 0.526. The zero-order chi connectivity index (χ0) is 16.7. The van der Waals surface area contributed by atoms with Crippen molar-refractivity contribution in [2.45, 2.75) is 0 Å². The maximum atomic E-state index is 12.4. The highest BCUT2D eigenvalue weighted by Gasteiger charge is 2.37. The van der Waals surface area contributed by atoms with Crippen molar-refractivity contribution < 1.29 is 24.4 Å². The molecule has 1 N–H and O–H groups in total. The second-order valence-corrected chi connectivity index (χ2v) is 4.79. The van der Waals surface area contributed by atoms with E-state index in [1.54, 1.807) is 12.1 Å². The van der Waals surface area contributed by atoms with Gasteiger partial charge < -0.3 is 5.11 Å². The Morgan fingerprint density at radius 2 is 1.61 bits per heavy atom.